The van der Waals surface area contributed by atoms with Crippen LogP contribution < -0.4 is 14.9 Å². The second-order valence-electron chi connectivity index (χ2n) is 5.91. The van der Waals surface area contributed by atoms with Crippen molar-refractivity contribution in [2.45, 2.75) is 25.4 Å². The highest BCUT2D eigenvalue weighted by atomic mass is 16.6. The van der Waals surface area contributed by atoms with Gasteiger partial charge in [0.1, 0.15) is 6.61 Å². The number of nitrogens with one attached hydrogen (secondary N) is 1. The lowest BCUT2D eigenvalue weighted by Crippen LogP contribution is -2.42. The number of benzene rings is 2. The van der Waals surface area contributed by atoms with Crippen LogP contribution in [0.4, 0.5) is 0 Å². The van der Waals surface area contributed by atoms with Crippen LogP contribution in [0.5, 0.6) is 11.5 Å². The minimum Gasteiger partial charge on any atom is -0.485 e. The lowest BCUT2D eigenvalue weighted by atomic mass is 9.90. The zero-order valence-corrected chi connectivity index (χ0v) is 13.2. The molecule has 2 aliphatic rings. The summed E-state index contributed by atoms with van der Waals surface area (Å²) in [4.78, 5) is 12.3. The van der Waals surface area contributed by atoms with Crippen LogP contribution in [-0.4, -0.2) is 24.3 Å². The number of hydrazone groups is 1. The summed E-state index contributed by atoms with van der Waals surface area (Å²) < 4.78 is 11.3. The highest BCUT2D eigenvalue weighted by molar-refractivity contribution is 6.03. The lowest BCUT2D eigenvalue weighted by Gasteiger charge is -2.25. The van der Waals surface area contributed by atoms with Crippen molar-refractivity contribution in [1.82, 2.24) is 5.43 Å². The molecule has 2 aromatic carbocycles. The van der Waals surface area contributed by atoms with Crippen molar-refractivity contribution in [2.24, 2.45) is 5.10 Å². The summed E-state index contributed by atoms with van der Waals surface area (Å²) in [6.07, 6.45) is 2.27. The van der Waals surface area contributed by atoms with Crippen molar-refractivity contribution in [3.8, 4) is 11.5 Å². The number of para-hydroxylation sites is 2. The van der Waals surface area contributed by atoms with E-state index in [4.69, 9.17) is 9.47 Å². The third-order valence-corrected chi connectivity index (χ3v) is 4.29. The summed E-state index contributed by atoms with van der Waals surface area (Å²) in [5.74, 6) is 0.952. The first kappa shape index (κ1) is 14.8. The molecule has 1 amide bonds. The van der Waals surface area contributed by atoms with E-state index in [-0.39, 0.29) is 12.5 Å². The number of amides is 1. The summed E-state index contributed by atoms with van der Waals surface area (Å²) in [6, 6.07) is 15.5. The van der Waals surface area contributed by atoms with Gasteiger partial charge in [-0.3, -0.25) is 4.79 Å². The minimum absolute atomic E-state index is 0.185. The molecule has 1 aliphatic carbocycles. The maximum absolute atomic E-state index is 12.3. The monoisotopic (exact) mass is 322 g/mol. The number of nitrogens with zero attached hydrogens (tertiary/aromatic N) is 1. The number of ether oxygens (including phenoxy) is 2. The Bertz CT molecular complexity index is 801. The predicted octanol–water partition coefficient (Wildman–Crippen LogP) is 2.68. The van der Waals surface area contributed by atoms with Crippen LogP contribution in [-0.2, 0) is 11.2 Å². The third-order valence-electron chi connectivity index (χ3n) is 4.29. The molecule has 0 spiro atoms. The second kappa shape index (κ2) is 6.35. The van der Waals surface area contributed by atoms with Crippen LogP contribution >= 0.6 is 0 Å². The number of rotatable bonds is 2. The van der Waals surface area contributed by atoms with Gasteiger partial charge in [-0.2, -0.15) is 5.10 Å². The van der Waals surface area contributed by atoms with Gasteiger partial charge in [0, 0.05) is 5.56 Å². The zero-order chi connectivity index (χ0) is 16.4. The third kappa shape index (κ3) is 2.85. The van der Waals surface area contributed by atoms with E-state index in [1.807, 2.05) is 30.3 Å². The maximum atomic E-state index is 12.3. The largest absolute Gasteiger partial charge is 0.485 e. The molecule has 0 unspecified atom stereocenters. The first-order valence-corrected chi connectivity index (χ1v) is 8.14. The van der Waals surface area contributed by atoms with Gasteiger partial charge in [-0.25, -0.2) is 5.43 Å². The van der Waals surface area contributed by atoms with E-state index in [0.717, 1.165) is 30.5 Å². The Morgan fingerprint density at radius 1 is 1.04 bits per heavy atom. The molecule has 1 aliphatic heterocycles. The Morgan fingerprint density at radius 2 is 1.83 bits per heavy atom. The molecule has 5 nitrogen and oxygen atoms in total. The highest BCUT2D eigenvalue weighted by Gasteiger charge is 2.27. The van der Waals surface area contributed by atoms with Gasteiger partial charge in [-0.15, -0.1) is 0 Å². The Balaban J connectivity index is 1.46. The average molecular weight is 322 g/mol. The number of aryl methyl sites for hydroxylation is 1. The van der Waals surface area contributed by atoms with Crippen molar-refractivity contribution < 1.29 is 14.3 Å². The standard InChI is InChI=1S/C19H18N2O3/c22-19(18-12-23-16-10-3-4-11-17(16)24-18)21-20-15-9-5-7-13-6-1-2-8-14(13)15/h1-4,6,8,10-11,18H,5,7,9,12H2,(H,21,22)/b20-15-/t18-/m0/s1. The van der Waals surface area contributed by atoms with E-state index in [2.05, 4.69) is 22.7 Å². The molecular weight excluding hydrogens is 304 g/mol. The fourth-order valence-corrected chi connectivity index (χ4v) is 3.06. The average Bonchev–Trinajstić information content (AvgIpc) is 2.65. The van der Waals surface area contributed by atoms with Crippen molar-refractivity contribution in [1.29, 1.82) is 0 Å². The minimum atomic E-state index is -0.692. The van der Waals surface area contributed by atoms with Crippen molar-refractivity contribution in [3.63, 3.8) is 0 Å². The molecule has 1 heterocycles. The summed E-state index contributed by atoms with van der Waals surface area (Å²) in [7, 11) is 0. The van der Waals surface area contributed by atoms with Crippen molar-refractivity contribution >= 4 is 11.6 Å². The first-order chi connectivity index (χ1) is 11.8. The van der Waals surface area contributed by atoms with Gasteiger partial charge in [-0.1, -0.05) is 36.4 Å². The fraction of sp³-hybridized carbons (Fsp3) is 0.263. The molecule has 0 saturated heterocycles. The lowest BCUT2D eigenvalue weighted by molar-refractivity contribution is -0.130. The maximum Gasteiger partial charge on any atom is 0.284 e. The predicted molar refractivity (Wildman–Crippen MR) is 90.4 cm³/mol. The van der Waals surface area contributed by atoms with Gasteiger partial charge in [0.05, 0.1) is 5.71 Å². The molecule has 4 rings (SSSR count). The molecule has 2 aromatic rings. The molecule has 1 atom stereocenters. The van der Waals surface area contributed by atoms with Crippen LogP contribution in [0.25, 0.3) is 0 Å². The van der Waals surface area contributed by atoms with E-state index in [1.165, 1.54) is 5.56 Å². The van der Waals surface area contributed by atoms with E-state index >= 15 is 0 Å². The van der Waals surface area contributed by atoms with Crippen molar-refractivity contribution in [2.75, 3.05) is 6.61 Å². The molecule has 0 radical (unpaired) electrons. The molecule has 5 heteroatoms. The van der Waals surface area contributed by atoms with Gasteiger partial charge in [-0.05, 0) is 37.0 Å². The van der Waals surface area contributed by atoms with Crippen LogP contribution in [0.2, 0.25) is 0 Å². The van der Waals surface area contributed by atoms with Crippen LogP contribution in [0.1, 0.15) is 24.0 Å². The Labute approximate surface area is 140 Å². The molecular formula is C19H18N2O3. The van der Waals surface area contributed by atoms with Crippen LogP contribution in [0.3, 0.4) is 0 Å². The van der Waals surface area contributed by atoms with Gasteiger partial charge in [0.15, 0.2) is 11.5 Å². The van der Waals surface area contributed by atoms with E-state index in [9.17, 15) is 4.79 Å². The Morgan fingerprint density at radius 3 is 2.75 bits per heavy atom. The number of carbonyl (C=O) groups excluding carboxylic acids is 1. The number of fused-ring (bicyclic) bond motifs is 2. The Hall–Kier alpha value is -2.82. The highest BCUT2D eigenvalue weighted by Crippen LogP contribution is 2.30. The summed E-state index contributed by atoms with van der Waals surface area (Å²) in [6.45, 7) is 0.185. The summed E-state index contributed by atoms with van der Waals surface area (Å²) >= 11 is 0. The van der Waals surface area contributed by atoms with E-state index < -0.39 is 6.10 Å². The number of carbonyl (C=O) groups is 1. The van der Waals surface area contributed by atoms with E-state index in [0.29, 0.717) is 11.5 Å². The van der Waals surface area contributed by atoms with Crippen molar-refractivity contribution in [3.05, 3.63) is 59.7 Å². The molecule has 0 aromatic heterocycles. The number of hydrogen-bond donors (Lipinski definition) is 1. The zero-order valence-electron chi connectivity index (χ0n) is 13.2. The topological polar surface area (TPSA) is 59.9 Å². The van der Waals surface area contributed by atoms with Gasteiger partial charge < -0.3 is 9.47 Å². The molecule has 24 heavy (non-hydrogen) atoms. The van der Waals surface area contributed by atoms with Gasteiger partial charge in [0.2, 0.25) is 6.10 Å². The molecule has 0 fully saturated rings. The molecule has 122 valence electrons. The molecule has 0 saturated carbocycles. The SMILES string of the molecule is O=C(N/N=C1/CCCc2ccccc21)[C@@H]1COc2ccccc2O1. The van der Waals surface area contributed by atoms with Gasteiger partial charge >= 0.3 is 0 Å². The second-order valence-corrected chi connectivity index (χ2v) is 5.91. The quantitative estimate of drug-likeness (QED) is 0.865. The molecule has 0 bridgehead atoms. The van der Waals surface area contributed by atoms with Gasteiger partial charge in [0.25, 0.3) is 5.91 Å². The van der Waals surface area contributed by atoms with Crippen LogP contribution in [0, 0.1) is 0 Å². The summed E-state index contributed by atoms with van der Waals surface area (Å²) in [5.41, 5.74) is 5.96. The summed E-state index contributed by atoms with van der Waals surface area (Å²) in [5, 5.41) is 4.34. The van der Waals surface area contributed by atoms with E-state index in [1.54, 1.807) is 6.07 Å². The molecule has 1 N–H and O–H groups in total. The number of hydrogen-bond acceptors (Lipinski definition) is 4. The smallest absolute Gasteiger partial charge is 0.284 e. The Kier molecular flexibility index (Phi) is 3.91. The normalized spacial score (nSPS) is 20.3. The van der Waals surface area contributed by atoms with Crippen LogP contribution in [0.15, 0.2) is 53.6 Å². The fourth-order valence-electron chi connectivity index (χ4n) is 3.06. The first-order valence-electron chi connectivity index (χ1n) is 8.14.